The van der Waals surface area contributed by atoms with E-state index < -0.39 is 29.9 Å². The maximum Gasteiger partial charge on any atom is 0.573 e. The predicted molar refractivity (Wildman–Crippen MR) is 102 cm³/mol. The SMILES string of the molecule is COC(=O)CNC(=O)c1ccc(NC(=O)/C=C/c2ccccc2OC(F)(F)F)cc1. The van der Waals surface area contributed by atoms with Crippen LogP contribution >= 0.6 is 0 Å². The fraction of sp³-hybridized carbons (Fsp3) is 0.150. The van der Waals surface area contributed by atoms with Gasteiger partial charge in [0, 0.05) is 22.9 Å². The molecule has 2 amide bonds. The Morgan fingerprint density at radius 3 is 2.33 bits per heavy atom. The smallest absolute Gasteiger partial charge is 0.468 e. The molecule has 0 heterocycles. The van der Waals surface area contributed by atoms with Crippen molar-refractivity contribution in [1.29, 1.82) is 0 Å². The minimum absolute atomic E-state index is 0.0719. The van der Waals surface area contributed by atoms with E-state index in [1.807, 2.05) is 0 Å². The van der Waals surface area contributed by atoms with Crippen LogP contribution in [0.5, 0.6) is 5.75 Å². The van der Waals surface area contributed by atoms with Crippen LogP contribution in [-0.4, -0.2) is 37.8 Å². The second-order valence-corrected chi connectivity index (χ2v) is 5.74. The highest BCUT2D eigenvalue weighted by molar-refractivity contribution is 6.02. The minimum atomic E-state index is -4.85. The van der Waals surface area contributed by atoms with E-state index in [0.29, 0.717) is 5.69 Å². The van der Waals surface area contributed by atoms with Crippen LogP contribution in [0.2, 0.25) is 0 Å². The highest BCUT2D eigenvalue weighted by Crippen LogP contribution is 2.27. The summed E-state index contributed by atoms with van der Waals surface area (Å²) in [6, 6.07) is 11.2. The quantitative estimate of drug-likeness (QED) is 0.528. The summed E-state index contributed by atoms with van der Waals surface area (Å²) < 4.78 is 45.6. The first kappa shape index (κ1) is 22.5. The molecular formula is C20H17F3N2O5. The summed E-state index contributed by atoms with van der Waals surface area (Å²) in [5.74, 6) is -2.13. The molecule has 2 rings (SSSR count). The average Bonchev–Trinajstić information content (AvgIpc) is 2.70. The van der Waals surface area contributed by atoms with Crippen molar-refractivity contribution in [3.63, 3.8) is 0 Å². The van der Waals surface area contributed by atoms with Gasteiger partial charge in [-0.25, -0.2) is 0 Å². The zero-order valence-corrected chi connectivity index (χ0v) is 15.7. The van der Waals surface area contributed by atoms with Crippen molar-refractivity contribution in [2.24, 2.45) is 0 Å². The van der Waals surface area contributed by atoms with E-state index in [1.54, 1.807) is 0 Å². The van der Waals surface area contributed by atoms with E-state index in [2.05, 4.69) is 20.1 Å². The number of amides is 2. The molecule has 2 aromatic rings. The highest BCUT2D eigenvalue weighted by atomic mass is 19.4. The molecule has 0 saturated carbocycles. The van der Waals surface area contributed by atoms with Gasteiger partial charge in [0.15, 0.2) is 0 Å². The highest BCUT2D eigenvalue weighted by Gasteiger charge is 2.31. The number of ether oxygens (including phenoxy) is 2. The van der Waals surface area contributed by atoms with Gasteiger partial charge < -0.3 is 20.1 Å². The third-order valence-electron chi connectivity index (χ3n) is 3.59. The van der Waals surface area contributed by atoms with E-state index in [0.717, 1.165) is 12.1 Å². The summed E-state index contributed by atoms with van der Waals surface area (Å²) in [6.45, 7) is -0.280. The molecule has 0 atom stereocenters. The molecule has 0 aromatic heterocycles. The maximum atomic E-state index is 12.4. The molecule has 30 heavy (non-hydrogen) atoms. The largest absolute Gasteiger partial charge is 0.573 e. The molecule has 0 radical (unpaired) electrons. The van der Waals surface area contributed by atoms with Crippen LogP contribution in [0, 0.1) is 0 Å². The molecule has 7 nitrogen and oxygen atoms in total. The summed E-state index contributed by atoms with van der Waals surface area (Å²) in [6.07, 6.45) is -2.61. The van der Waals surface area contributed by atoms with Gasteiger partial charge in [0.25, 0.3) is 5.91 Å². The van der Waals surface area contributed by atoms with Gasteiger partial charge in [0.2, 0.25) is 5.91 Å². The summed E-state index contributed by atoms with van der Waals surface area (Å²) >= 11 is 0. The zero-order valence-electron chi connectivity index (χ0n) is 15.7. The number of anilines is 1. The number of hydrogen-bond acceptors (Lipinski definition) is 5. The van der Waals surface area contributed by atoms with Gasteiger partial charge in [0.05, 0.1) is 7.11 Å². The van der Waals surface area contributed by atoms with Gasteiger partial charge in [-0.3, -0.25) is 14.4 Å². The normalized spacial score (nSPS) is 11.1. The predicted octanol–water partition coefficient (Wildman–Crippen LogP) is 3.14. The molecule has 0 bridgehead atoms. The number of halogens is 3. The van der Waals surface area contributed by atoms with Crippen molar-refractivity contribution in [2.75, 3.05) is 19.0 Å². The summed E-state index contributed by atoms with van der Waals surface area (Å²) in [5, 5.41) is 4.88. The van der Waals surface area contributed by atoms with Crippen molar-refractivity contribution < 1.29 is 37.0 Å². The maximum absolute atomic E-state index is 12.4. The van der Waals surface area contributed by atoms with E-state index in [1.165, 1.54) is 55.7 Å². The van der Waals surface area contributed by atoms with E-state index in [4.69, 9.17) is 0 Å². The first-order valence-electron chi connectivity index (χ1n) is 8.47. The second-order valence-electron chi connectivity index (χ2n) is 5.74. The number of alkyl halides is 3. The molecule has 158 valence electrons. The van der Waals surface area contributed by atoms with Crippen LogP contribution in [0.3, 0.4) is 0 Å². The van der Waals surface area contributed by atoms with Crippen LogP contribution in [0.15, 0.2) is 54.6 Å². The molecular weight excluding hydrogens is 405 g/mol. The lowest BCUT2D eigenvalue weighted by molar-refractivity contribution is -0.274. The van der Waals surface area contributed by atoms with Gasteiger partial charge in [-0.1, -0.05) is 18.2 Å². The number of carbonyl (C=O) groups is 3. The van der Waals surface area contributed by atoms with Gasteiger partial charge in [-0.05, 0) is 36.4 Å². The number of benzene rings is 2. The molecule has 10 heteroatoms. The minimum Gasteiger partial charge on any atom is -0.468 e. The van der Waals surface area contributed by atoms with E-state index in [9.17, 15) is 27.6 Å². The number of rotatable bonds is 7. The standard InChI is InChI=1S/C20H17F3N2O5/c1-29-18(27)12-24-19(28)14-6-9-15(10-7-14)25-17(26)11-8-13-4-2-3-5-16(13)30-20(21,22)23/h2-11H,12H2,1H3,(H,24,28)(H,25,26)/b11-8+. The lowest BCUT2D eigenvalue weighted by atomic mass is 10.1. The monoisotopic (exact) mass is 422 g/mol. The molecule has 0 aliphatic heterocycles. The first-order valence-corrected chi connectivity index (χ1v) is 8.47. The number of methoxy groups -OCH3 is 1. The Kier molecular flexibility index (Phi) is 7.56. The Labute approximate surface area is 169 Å². The fourth-order valence-corrected chi connectivity index (χ4v) is 2.22. The summed E-state index contributed by atoms with van der Waals surface area (Å²) in [7, 11) is 1.20. The number of esters is 1. The number of para-hydroxylation sites is 1. The van der Waals surface area contributed by atoms with Crippen LogP contribution in [0.25, 0.3) is 6.08 Å². The first-order chi connectivity index (χ1) is 14.2. The van der Waals surface area contributed by atoms with Crippen LogP contribution in [0.1, 0.15) is 15.9 Å². The molecule has 0 aliphatic rings. The number of hydrogen-bond donors (Lipinski definition) is 2. The summed E-state index contributed by atoms with van der Waals surface area (Å²) in [4.78, 5) is 34.9. The van der Waals surface area contributed by atoms with Crippen LogP contribution in [-0.2, 0) is 14.3 Å². The third-order valence-corrected chi connectivity index (χ3v) is 3.59. The lowest BCUT2D eigenvalue weighted by Crippen LogP contribution is -2.30. The molecule has 2 aromatic carbocycles. The van der Waals surface area contributed by atoms with Gasteiger partial charge in [0.1, 0.15) is 12.3 Å². The van der Waals surface area contributed by atoms with Crippen molar-refractivity contribution in [3.8, 4) is 5.75 Å². The van der Waals surface area contributed by atoms with Crippen molar-refractivity contribution in [3.05, 3.63) is 65.7 Å². The number of nitrogens with one attached hydrogen (secondary N) is 2. The molecule has 0 fully saturated rings. The lowest BCUT2D eigenvalue weighted by Gasteiger charge is -2.11. The molecule has 0 spiro atoms. The van der Waals surface area contributed by atoms with Gasteiger partial charge in [-0.15, -0.1) is 13.2 Å². The Morgan fingerprint density at radius 1 is 1.03 bits per heavy atom. The number of carbonyl (C=O) groups excluding carboxylic acids is 3. The van der Waals surface area contributed by atoms with Crippen molar-refractivity contribution in [2.45, 2.75) is 6.36 Å². The third kappa shape index (κ3) is 7.30. The molecule has 0 unspecified atom stereocenters. The topological polar surface area (TPSA) is 93.7 Å². The Balaban J connectivity index is 1.97. The molecule has 2 N–H and O–H groups in total. The Bertz CT molecular complexity index is 940. The Morgan fingerprint density at radius 2 is 1.70 bits per heavy atom. The van der Waals surface area contributed by atoms with E-state index in [-0.39, 0.29) is 17.7 Å². The van der Waals surface area contributed by atoms with Gasteiger partial charge >= 0.3 is 12.3 Å². The second kappa shape index (κ2) is 10.1. The van der Waals surface area contributed by atoms with Crippen molar-refractivity contribution in [1.82, 2.24) is 5.32 Å². The van der Waals surface area contributed by atoms with Crippen molar-refractivity contribution >= 4 is 29.5 Å². The fourth-order valence-electron chi connectivity index (χ4n) is 2.22. The summed E-state index contributed by atoms with van der Waals surface area (Å²) in [5.41, 5.74) is 0.683. The van der Waals surface area contributed by atoms with Crippen LogP contribution < -0.4 is 15.4 Å². The molecule has 0 aliphatic carbocycles. The average molecular weight is 422 g/mol. The van der Waals surface area contributed by atoms with Crippen LogP contribution in [0.4, 0.5) is 18.9 Å². The van der Waals surface area contributed by atoms with Gasteiger partial charge in [-0.2, -0.15) is 0 Å². The Hall–Kier alpha value is -3.82. The molecule has 0 saturated heterocycles. The van der Waals surface area contributed by atoms with E-state index >= 15 is 0 Å². The zero-order chi connectivity index (χ0) is 22.1.